The van der Waals surface area contributed by atoms with Crippen molar-refractivity contribution in [1.82, 2.24) is 8.96 Å². The highest BCUT2D eigenvalue weighted by Gasteiger charge is 2.27. The molecule has 0 radical (unpaired) electrons. The van der Waals surface area contributed by atoms with Gasteiger partial charge in [0.2, 0.25) is 0 Å². The third kappa shape index (κ3) is 2.95. The van der Waals surface area contributed by atoms with E-state index >= 15 is 0 Å². The molecule has 0 saturated carbocycles. The third-order valence-corrected chi connectivity index (χ3v) is 6.48. The lowest BCUT2D eigenvalue weighted by Gasteiger charge is -2.09. The molecule has 7 nitrogen and oxygen atoms in total. The summed E-state index contributed by atoms with van der Waals surface area (Å²) in [6.07, 6.45) is 3.91. The summed E-state index contributed by atoms with van der Waals surface area (Å²) in [6.45, 7) is 2.65. The SMILES string of the molecule is COC(=O)c1cc(-c2ccnc3c2CCN3)cn1S(=O)(=O)c1ccc(C)cc1. The van der Waals surface area contributed by atoms with Crippen molar-refractivity contribution in [2.24, 2.45) is 0 Å². The molecule has 8 heteroatoms. The van der Waals surface area contributed by atoms with Gasteiger partial charge in [0.1, 0.15) is 11.5 Å². The van der Waals surface area contributed by atoms with Gasteiger partial charge in [-0.3, -0.25) is 0 Å². The Morgan fingerprint density at radius 1 is 1.21 bits per heavy atom. The number of pyridine rings is 1. The van der Waals surface area contributed by atoms with Crippen LogP contribution in [0.4, 0.5) is 5.82 Å². The van der Waals surface area contributed by atoms with Crippen LogP contribution in [0.3, 0.4) is 0 Å². The van der Waals surface area contributed by atoms with E-state index in [1.807, 2.05) is 13.0 Å². The summed E-state index contributed by atoms with van der Waals surface area (Å²) in [6, 6.07) is 9.86. The highest BCUT2D eigenvalue weighted by atomic mass is 32.2. The zero-order valence-electron chi connectivity index (χ0n) is 15.5. The molecule has 1 aliphatic rings. The number of carbonyl (C=O) groups is 1. The van der Waals surface area contributed by atoms with Crippen LogP contribution >= 0.6 is 0 Å². The fourth-order valence-electron chi connectivity index (χ4n) is 3.34. The zero-order chi connectivity index (χ0) is 19.9. The Morgan fingerprint density at radius 2 is 1.96 bits per heavy atom. The lowest BCUT2D eigenvalue weighted by Crippen LogP contribution is -2.18. The third-order valence-electron chi connectivity index (χ3n) is 4.79. The van der Waals surface area contributed by atoms with Gasteiger partial charge in [0.05, 0.1) is 12.0 Å². The van der Waals surface area contributed by atoms with E-state index in [0.29, 0.717) is 5.56 Å². The van der Waals surface area contributed by atoms with Crippen LogP contribution in [-0.2, 0) is 21.2 Å². The van der Waals surface area contributed by atoms with Crippen LogP contribution in [0.15, 0.2) is 53.7 Å². The van der Waals surface area contributed by atoms with Gasteiger partial charge < -0.3 is 10.1 Å². The Balaban J connectivity index is 1.90. The molecule has 0 atom stereocenters. The minimum atomic E-state index is -3.96. The highest BCUT2D eigenvalue weighted by Crippen LogP contribution is 2.33. The van der Waals surface area contributed by atoms with Crippen LogP contribution < -0.4 is 5.32 Å². The first kappa shape index (κ1) is 18.2. The van der Waals surface area contributed by atoms with Gasteiger partial charge >= 0.3 is 5.97 Å². The monoisotopic (exact) mass is 397 g/mol. The molecule has 4 rings (SSSR count). The van der Waals surface area contributed by atoms with E-state index in [9.17, 15) is 13.2 Å². The first-order valence-corrected chi connectivity index (χ1v) is 10.2. The number of anilines is 1. The van der Waals surface area contributed by atoms with Gasteiger partial charge in [-0.05, 0) is 43.2 Å². The molecule has 28 heavy (non-hydrogen) atoms. The van der Waals surface area contributed by atoms with E-state index in [1.54, 1.807) is 24.4 Å². The number of benzene rings is 1. The number of nitrogens with zero attached hydrogens (tertiary/aromatic N) is 2. The first-order chi connectivity index (χ1) is 13.4. The Labute approximate surface area is 163 Å². The maximum atomic E-state index is 13.2. The van der Waals surface area contributed by atoms with Crippen LogP contribution in [-0.4, -0.2) is 37.0 Å². The second kappa shape index (κ2) is 6.79. The number of nitrogens with one attached hydrogen (secondary N) is 1. The number of aromatic nitrogens is 2. The van der Waals surface area contributed by atoms with Crippen molar-refractivity contribution in [1.29, 1.82) is 0 Å². The zero-order valence-corrected chi connectivity index (χ0v) is 16.3. The van der Waals surface area contributed by atoms with E-state index in [1.165, 1.54) is 25.4 Å². The molecule has 0 unspecified atom stereocenters. The van der Waals surface area contributed by atoms with E-state index in [-0.39, 0.29) is 10.6 Å². The van der Waals surface area contributed by atoms with Crippen LogP contribution in [0, 0.1) is 6.92 Å². The van der Waals surface area contributed by atoms with Crippen LogP contribution in [0.25, 0.3) is 11.1 Å². The molecule has 1 N–H and O–H groups in total. The predicted octanol–water partition coefficient (Wildman–Crippen LogP) is 2.85. The molecule has 144 valence electrons. The second-order valence-corrected chi connectivity index (χ2v) is 8.40. The number of fused-ring (bicyclic) bond motifs is 1. The number of methoxy groups -OCH3 is 1. The molecule has 2 aromatic heterocycles. The maximum absolute atomic E-state index is 13.2. The fraction of sp³-hybridized carbons (Fsp3) is 0.200. The van der Waals surface area contributed by atoms with Crippen molar-refractivity contribution in [2.75, 3.05) is 19.0 Å². The molecule has 3 aromatic rings. The van der Waals surface area contributed by atoms with Crippen LogP contribution in [0.1, 0.15) is 21.6 Å². The Hall–Kier alpha value is -3.13. The van der Waals surface area contributed by atoms with Gasteiger partial charge in [-0.2, -0.15) is 0 Å². The summed E-state index contributed by atoms with van der Waals surface area (Å²) in [5, 5.41) is 3.20. The highest BCUT2D eigenvalue weighted by molar-refractivity contribution is 7.90. The van der Waals surface area contributed by atoms with Crippen molar-refractivity contribution in [3.05, 3.63) is 65.6 Å². The Kier molecular flexibility index (Phi) is 4.43. The van der Waals surface area contributed by atoms with Crippen molar-refractivity contribution >= 4 is 21.8 Å². The summed E-state index contributed by atoms with van der Waals surface area (Å²) in [7, 11) is -2.73. The van der Waals surface area contributed by atoms with Crippen molar-refractivity contribution in [3.8, 4) is 11.1 Å². The van der Waals surface area contributed by atoms with Gasteiger partial charge in [-0.15, -0.1) is 0 Å². The minimum absolute atomic E-state index is 0.0467. The van der Waals surface area contributed by atoms with E-state index in [4.69, 9.17) is 4.74 Å². The van der Waals surface area contributed by atoms with Crippen molar-refractivity contribution in [3.63, 3.8) is 0 Å². The second-order valence-electron chi connectivity index (χ2n) is 6.58. The minimum Gasteiger partial charge on any atom is -0.464 e. The van der Waals surface area contributed by atoms with Crippen molar-refractivity contribution < 1.29 is 17.9 Å². The number of hydrogen-bond donors (Lipinski definition) is 1. The number of carbonyl (C=O) groups excluding carboxylic acids is 1. The van der Waals surface area contributed by atoms with Gasteiger partial charge in [-0.25, -0.2) is 22.2 Å². The topological polar surface area (TPSA) is 90.3 Å². The number of esters is 1. The van der Waals surface area contributed by atoms with Crippen LogP contribution in [0.5, 0.6) is 0 Å². The predicted molar refractivity (Wildman–Crippen MR) is 105 cm³/mol. The number of rotatable bonds is 4. The quantitative estimate of drug-likeness (QED) is 0.681. The van der Waals surface area contributed by atoms with Gasteiger partial charge in [0, 0.05) is 30.1 Å². The summed E-state index contributed by atoms with van der Waals surface area (Å²) >= 11 is 0. The van der Waals surface area contributed by atoms with Gasteiger partial charge in [0.15, 0.2) is 0 Å². The average Bonchev–Trinajstić information content (AvgIpc) is 3.35. The summed E-state index contributed by atoms with van der Waals surface area (Å²) < 4.78 is 32.2. The maximum Gasteiger partial charge on any atom is 0.355 e. The van der Waals surface area contributed by atoms with Crippen molar-refractivity contribution in [2.45, 2.75) is 18.2 Å². The summed E-state index contributed by atoms with van der Waals surface area (Å²) in [5.41, 5.74) is 3.37. The number of hydrogen-bond acceptors (Lipinski definition) is 6. The molecular weight excluding hydrogens is 378 g/mol. The first-order valence-electron chi connectivity index (χ1n) is 8.77. The van der Waals surface area contributed by atoms with Gasteiger partial charge in [0.25, 0.3) is 10.0 Å². The smallest absolute Gasteiger partial charge is 0.355 e. The lowest BCUT2D eigenvalue weighted by molar-refractivity contribution is 0.0593. The lowest BCUT2D eigenvalue weighted by atomic mass is 10.0. The molecule has 0 bridgehead atoms. The van der Waals surface area contributed by atoms with E-state index in [0.717, 1.165) is 39.4 Å². The normalized spacial score (nSPS) is 13.1. The average molecular weight is 397 g/mol. The van der Waals surface area contributed by atoms with Crippen LogP contribution in [0.2, 0.25) is 0 Å². The summed E-state index contributed by atoms with van der Waals surface area (Å²) in [5.74, 6) is 0.0667. The van der Waals surface area contributed by atoms with E-state index in [2.05, 4.69) is 10.3 Å². The molecular formula is C20H19N3O4S. The fourth-order valence-corrected chi connectivity index (χ4v) is 4.69. The molecule has 3 heterocycles. The number of ether oxygens (including phenoxy) is 1. The molecule has 0 amide bonds. The summed E-state index contributed by atoms with van der Waals surface area (Å²) in [4.78, 5) is 16.7. The standard InChI is InChI=1S/C20H19N3O4S/c1-13-3-5-15(6-4-13)28(25,26)23-12-14(11-18(23)20(24)27-2)16-7-9-21-19-17(16)8-10-22-19/h3-7,9,11-12H,8,10H2,1-2H3,(H,21,22). The molecule has 0 spiro atoms. The molecule has 0 fully saturated rings. The Morgan fingerprint density at radius 3 is 2.68 bits per heavy atom. The number of aryl methyl sites for hydroxylation is 1. The Bertz CT molecular complexity index is 1160. The molecule has 0 saturated heterocycles. The molecule has 1 aliphatic heterocycles. The molecule has 1 aromatic carbocycles. The largest absolute Gasteiger partial charge is 0.464 e. The molecule has 0 aliphatic carbocycles. The van der Waals surface area contributed by atoms with E-state index < -0.39 is 16.0 Å². The van der Waals surface area contributed by atoms with Gasteiger partial charge in [-0.1, -0.05) is 17.7 Å².